The van der Waals surface area contributed by atoms with Gasteiger partial charge < -0.3 is 4.74 Å². The average molecular weight is 385 g/mol. The van der Waals surface area contributed by atoms with Crippen LogP contribution in [0.2, 0.25) is 0 Å². The molecule has 0 aromatic carbocycles. The summed E-state index contributed by atoms with van der Waals surface area (Å²) in [6, 6.07) is 2.32. The molecule has 0 N–H and O–H groups in total. The number of rotatable bonds is 4. The predicted molar refractivity (Wildman–Crippen MR) is 104 cm³/mol. The van der Waals surface area contributed by atoms with E-state index in [2.05, 4.69) is 31.8 Å². The van der Waals surface area contributed by atoms with Crippen molar-refractivity contribution in [1.82, 2.24) is 29.4 Å². The van der Waals surface area contributed by atoms with Gasteiger partial charge >= 0.3 is 0 Å². The molecule has 27 heavy (non-hydrogen) atoms. The Balaban J connectivity index is 1.35. The van der Waals surface area contributed by atoms with E-state index in [4.69, 9.17) is 4.74 Å². The first kappa shape index (κ1) is 17.2. The summed E-state index contributed by atoms with van der Waals surface area (Å²) in [5.74, 6) is 0.528. The van der Waals surface area contributed by atoms with Crippen LogP contribution < -0.4 is 0 Å². The van der Waals surface area contributed by atoms with Crippen molar-refractivity contribution in [1.29, 1.82) is 0 Å². The minimum Gasteiger partial charge on any atom is -0.379 e. The van der Waals surface area contributed by atoms with Crippen LogP contribution >= 0.6 is 11.3 Å². The summed E-state index contributed by atoms with van der Waals surface area (Å²) < 4.78 is 7.84. The van der Waals surface area contributed by atoms with Crippen molar-refractivity contribution in [3.05, 3.63) is 46.3 Å². The van der Waals surface area contributed by atoms with Crippen molar-refractivity contribution in [2.45, 2.75) is 26.1 Å². The van der Waals surface area contributed by atoms with Gasteiger partial charge in [0.25, 0.3) is 0 Å². The summed E-state index contributed by atoms with van der Waals surface area (Å²) >= 11 is 1.76. The van der Waals surface area contributed by atoms with E-state index in [0.717, 1.165) is 57.3 Å². The maximum Gasteiger partial charge on any atom is 0.159 e. The molecule has 8 heteroatoms. The van der Waals surface area contributed by atoms with E-state index in [-0.39, 0.29) is 0 Å². The number of ether oxygens (including phenoxy) is 1. The quantitative estimate of drug-likeness (QED) is 0.684. The van der Waals surface area contributed by atoms with Crippen molar-refractivity contribution in [3.8, 4) is 0 Å². The summed E-state index contributed by atoms with van der Waals surface area (Å²) in [6.45, 7) is 8.78. The summed E-state index contributed by atoms with van der Waals surface area (Å²) in [6.07, 6.45) is 5.75. The van der Waals surface area contributed by atoms with Crippen LogP contribution in [0.4, 0.5) is 0 Å². The molecular weight excluding hydrogens is 360 g/mol. The first-order valence-corrected chi connectivity index (χ1v) is 10.3. The van der Waals surface area contributed by atoms with Gasteiger partial charge in [-0.1, -0.05) is 0 Å². The van der Waals surface area contributed by atoms with Crippen LogP contribution in [0.15, 0.2) is 30.2 Å². The molecule has 142 valence electrons. The lowest BCUT2D eigenvalue weighted by Crippen LogP contribution is -2.43. The molecule has 0 spiro atoms. The molecule has 0 amide bonds. The Bertz CT molecular complexity index is 924. The first-order chi connectivity index (χ1) is 13.3. The summed E-state index contributed by atoms with van der Waals surface area (Å²) in [7, 11) is 0. The summed E-state index contributed by atoms with van der Waals surface area (Å²) in [5.41, 5.74) is 5.27. The Morgan fingerprint density at radius 2 is 2.15 bits per heavy atom. The molecule has 0 radical (unpaired) electrons. The second-order valence-electron chi connectivity index (χ2n) is 7.60. The van der Waals surface area contributed by atoms with Gasteiger partial charge in [0.2, 0.25) is 0 Å². The molecule has 5 heterocycles. The van der Waals surface area contributed by atoms with E-state index in [1.54, 1.807) is 11.3 Å². The number of fused-ring (bicyclic) bond motifs is 4. The van der Waals surface area contributed by atoms with Crippen LogP contribution in [0, 0.1) is 12.8 Å². The van der Waals surface area contributed by atoms with Crippen molar-refractivity contribution >= 4 is 17.0 Å². The molecule has 0 unspecified atom stereocenters. The molecule has 5 rings (SSSR count). The third-order valence-corrected chi connectivity index (χ3v) is 6.52. The Labute approximate surface area is 162 Å². The van der Waals surface area contributed by atoms with Crippen molar-refractivity contribution in [3.63, 3.8) is 0 Å². The Morgan fingerprint density at radius 3 is 3.04 bits per heavy atom. The molecule has 7 nitrogen and oxygen atoms in total. The molecule has 2 saturated heterocycles. The van der Waals surface area contributed by atoms with Crippen LogP contribution in [-0.4, -0.2) is 68.3 Å². The molecule has 2 aliphatic rings. The summed E-state index contributed by atoms with van der Waals surface area (Å²) in [5, 5.41) is 4.44. The highest BCUT2D eigenvalue weighted by Gasteiger charge is 2.34. The second-order valence-corrected chi connectivity index (χ2v) is 8.54. The van der Waals surface area contributed by atoms with E-state index in [9.17, 15) is 0 Å². The number of aromatic nitrogens is 4. The van der Waals surface area contributed by atoms with Crippen molar-refractivity contribution < 1.29 is 4.74 Å². The lowest BCUT2D eigenvalue weighted by molar-refractivity contribution is 0.0472. The number of hydrogen-bond donors (Lipinski definition) is 0. The SMILES string of the molecule is Cc1ncsc1CN1C[C@H]2COC[C@@H]1CN(Cc1cnn3cccnc13)C2. The Kier molecular flexibility index (Phi) is 4.65. The number of nitrogens with zero attached hydrogens (tertiary/aromatic N) is 6. The normalized spacial score (nSPS) is 24.3. The molecular formula is C19H24N6OS. The van der Waals surface area contributed by atoms with Crippen LogP contribution in [0.5, 0.6) is 0 Å². The Morgan fingerprint density at radius 1 is 1.19 bits per heavy atom. The highest BCUT2D eigenvalue weighted by Crippen LogP contribution is 2.25. The molecule has 0 aliphatic carbocycles. The van der Waals surface area contributed by atoms with Gasteiger partial charge in [0.05, 0.1) is 30.6 Å². The molecule has 3 aromatic heterocycles. The van der Waals surface area contributed by atoms with E-state index in [1.165, 1.54) is 10.4 Å². The monoisotopic (exact) mass is 384 g/mol. The van der Waals surface area contributed by atoms with Crippen LogP contribution in [0.1, 0.15) is 16.1 Å². The fourth-order valence-corrected chi connectivity index (χ4v) is 5.04. The van der Waals surface area contributed by atoms with Gasteiger partial charge in [-0.25, -0.2) is 14.5 Å². The van der Waals surface area contributed by atoms with Gasteiger partial charge in [0.15, 0.2) is 5.65 Å². The van der Waals surface area contributed by atoms with Crippen LogP contribution in [-0.2, 0) is 17.8 Å². The van der Waals surface area contributed by atoms with Gasteiger partial charge in [0.1, 0.15) is 0 Å². The van der Waals surface area contributed by atoms with Gasteiger partial charge in [-0.15, -0.1) is 11.3 Å². The first-order valence-electron chi connectivity index (χ1n) is 9.46. The lowest BCUT2D eigenvalue weighted by Gasteiger charge is -2.31. The lowest BCUT2D eigenvalue weighted by atomic mass is 10.1. The van der Waals surface area contributed by atoms with Crippen LogP contribution in [0.3, 0.4) is 0 Å². The van der Waals surface area contributed by atoms with E-state index in [1.807, 2.05) is 34.7 Å². The summed E-state index contributed by atoms with van der Waals surface area (Å²) in [4.78, 5) is 15.5. The molecule has 2 atom stereocenters. The minimum atomic E-state index is 0.411. The van der Waals surface area contributed by atoms with Crippen molar-refractivity contribution in [2.75, 3.05) is 32.8 Å². The number of hydrogen-bond acceptors (Lipinski definition) is 7. The van der Waals surface area contributed by atoms with Crippen molar-refractivity contribution in [2.24, 2.45) is 5.92 Å². The highest BCUT2D eigenvalue weighted by molar-refractivity contribution is 7.09. The van der Waals surface area contributed by atoms with E-state index in [0.29, 0.717) is 12.0 Å². The molecule has 3 aromatic rings. The third kappa shape index (κ3) is 3.50. The van der Waals surface area contributed by atoms with E-state index >= 15 is 0 Å². The highest BCUT2D eigenvalue weighted by atomic mass is 32.1. The van der Waals surface area contributed by atoms with Gasteiger partial charge in [-0.3, -0.25) is 9.80 Å². The predicted octanol–water partition coefficient (Wildman–Crippen LogP) is 1.83. The zero-order valence-corrected chi connectivity index (χ0v) is 16.3. The smallest absolute Gasteiger partial charge is 0.159 e. The molecule has 2 bridgehead atoms. The molecule has 2 fully saturated rings. The third-order valence-electron chi connectivity index (χ3n) is 5.60. The van der Waals surface area contributed by atoms with Crippen LogP contribution in [0.25, 0.3) is 5.65 Å². The largest absolute Gasteiger partial charge is 0.379 e. The zero-order valence-electron chi connectivity index (χ0n) is 15.5. The second kappa shape index (κ2) is 7.27. The fraction of sp³-hybridized carbons (Fsp3) is 0.526. The molecule has 0 saturated carbocycles. The average Bonchev–Trinajstić information content (AvgIpc) is 3.14. The number of thiazole rings is 1. The maximum absolute atomic E-state index is 5.99. The van der Waals surface area contributed by atoms with Gasteiger partial charge in [0, 0.05) is 67.5 Å². The topological polar surface area (TPSA) is 58.8 Å². The van der Waals surface area contributed by atoms with E-state index < -0.39 is 0 Å². The fourth-order valence-electron chi connectivity index (χ4n) is 4.24. The molecule has 2 aliphatic heterocycles. The van der Waals surface area contributed by atoms with Gasteiger partial charge in [-0.05, 0) is 13.0 Å². The van der Waals surface area contributed by atoms with Gasteiger partial charge in [-0.2, -0.15) is 5.10 Å². The zero-order chi connectivity index (χ0) is 18.2. The minimum absolute atomic E-state index is 0.411. The number of aryl methyl sites for hydroxylation is 1. The standard InChI is InChI=1S/C19H24N6OS/c1-14-18(27-13-21-14)10-24-7-15-6-23(9-17(24)12-26-11-15)8-16-5-22-25-4-2-3-20-19(16)25/h2-5,13,15,17H,6-12H2,1H3/t15-,17-/m0/s1. The Hall–Kier alpha value is -1.87. The maximum atomic E-state index is 5.99.